The van der Waals surface area contributed by atoms with Gasteiger partial charge in [0, 0.05) is 137 Å². The average molecular weight is 2300 g/mol. The maximum absolute atomic E-state index is 14.6. The van der Waals surface area contributed by atoms with Crippen molar-refractivity contribution in [3.8, 4) is 56.3 Å². The van der Waals surface area contributed by atoms with Gasteiger partial charge >= 0.3 is 12.4 Å². The SMILES string of the molecule is CC1(C)c2ccc[c-]c2-c2nccc3cccc1c23.CCC1(CC)c2ccc[c-]c2-c2nccc3cccc1c23.FC(F)(F)C1(C(F)(F)F)c2ccc[c-]c2-c2nccc3cccc1c23.FC1(F)c2ccc[c-]c2-c2nccc3cccc1c23.[Ir].[Ir].[Ir].[Ir].[Ir].[c-]1cccc2c1-c1nccc3cccc(c13)C2. The smallest absolute Gasteiger partial charge is 0.304 e. The minimum absolute atomic E-state index is 0. The van der Waals surface area contributed by atoms with E-state index < -0.39 is 34.8 Å². The molecular formula is C88H58F8Ir5N5-5. The molecule has 18 heteroatoms. The molecule has 5 aliphatic carbocycles. The Balaban J connectivity index is 0.000000131. The second-order valence-corrected chi connectivity index (χ2v) is 26.2. The van der Waals surface area contributed by atoms with Crippen LogP contribution >= 0.6 is 0 Å². The van der Waals surface area contributed by atoms with E-state index in [2.05, 4.69) is 186 Å². The maximum atomic E-state index is 14.6. The van der Waals surface area contributed by atoms with Crippen LogP contribution in [0.4, 0.5) is 35.1 Å². The quantitative estimate of drug-likeness (QED) is 0.127. The maximum Gasteiger partial charge on any atom is 0.403 e. The molecule has 15 aromatic rings. The summed E-state index contributed by atoms with van der Waals surface area (Å²) in [5, 5.41) is 9.15. The van der Waals surface area contributed by atoms with Crippen LogP contribution in [-0.2, 0) is 129 Å². The van der Waals surface area contributed by atoms with Crippen molar-refractivity contribution in [3.05, 3.63) is 329 Å². The van der Waals surface area contributed by atoms with Crippen LogP contribution in [0.3, 0.4) is 0 Å². The molecule has 541 valence electrons. The monoisotopic (exact) mass is 2300 g/mol. The van der Waals surface area contributed by atoms with Gasteiger partial charge in [-0.25, -0.2) is 8.78 Å². The zero-order valence-corrected chi connectivity index (χ0v) is 68.6. The number of hydrogen-bond acceptors (Lipinski definition) is 5. The van der Waals surface area contributed by atoms with Crippen molar-refractivity contribution in [2.45, 2.75) is 81.5 Å². The van der Waals surface area contributed by atoms with Gasteiger partial charge in [-0.1, -0.05) is 148 Å². The van der Waals surface area contributed by atoms with Gasteiger partial charge in [-0.2, -0.15) is 26.3 Å². The summed E-state index contributed by atoms with van der Waals surface area (Å²) in [5.74, 6) is -3.00. The van der Waals surface area contributed by atoms with Crippen LogP contribution in [0, 0.1) is 30.3 Å². The van der Waals surface area contributed by atoms with Gasteiger partial charge in [0.1, 0.15) is 0 Å². The van der Waals surface area contributed by atoms with Gasteiger partial charge in [0.2, 0.25) is 0 Å². The van der Waals surface area contributed by atoms with E-state index in [0.717, 1.165) is 71.1 Å². The van der Waals surface area contributed by atoms with Crippen molar-refractivity contribution >= 4 is 53.9 Å². The fraction of sp³-hybridized carbons (Fsp3) is 0.148. The van der Waals surface area contributed by atoms with E-state index in [1.165, 1.54) is 114 Å². The molecule has 5 nitrogen and oxygen atoms in total. The van der Waals surface area contributed by atoms with Gasteiger partial charge in [-0.05, 0) is 147 Å². The first-order chi connectivity index (χ1) is 48.8. The van der Waals surface area contributed by atoms with Crippen molar-refractivity contribution in [2.75, 3.05) is 0 Å². The summed E-state index contributed by atoms with van der Waals surface area (Å²) in [7, 11) is 0. The summed E-state index contributed by atoms with van der Waals surface area (Å²) in [6, 6.07) is 79.9. The first-order valence-electron chi connectivity index (χ1n) is 33.3. The molecule has 0 unspecified atom stereocenters. The van der Waals surface area contributed by atoms with Gasteiger partial charge in [-0.15, -0.1) is 166 Å². The number of aromatic nitrogens is 5. The average Bonchev–Trinajstić information content (AvgIpc) is 0.690. The van der Waals surface area contributed by atoms with Gasteiger partial charge in [-0.3, -0.25) is 0 Å². The second kappa shape index (κ2) is 30.5. The normalized spacial score (nSPS) is 14.2. The van der Waals surface area contributed by atoms with Crippen LogP contribution < -0.4 is 0 Å². The molecule has 0 bridgehead atoms. The van der Waals surface area contributed by atoms with E-state index in [0.29, 0.717) is 16.6 Å². The third kappa shape index (κ3) is 12.5. The van der Waals surface area contributed by atoms with Crippen molar-refractivity contribution in [1.29, 1.82) is 0 Å². The van der Waals surface area contributed by atoms with Crippen LogP contribution in [0.2, 0.25) is 0 Å². The van der Waals surface area contributed by atoms with Crippen molar-refractivity contribution < 1.29 is 136 Å². The van der Waals surface area contributed by atoms with Gasteiger partial charge in [0.15, 0.2) is 5.41 Å². The summed E-state index contributed by atoms with van der Waals surface area (Å²) in [4.78, 5) is 22.2. The molecule has 20 rings (SSSR count). The fourth-order valence-corrected chi connectivity index (χ4v) is 16.2. The van der Waals surface area contributed by atoms with Gasteiger partial charge in [0.05, 0.1) is 0 Å². The molecule has 10 aromatic carbocycles. The summed E-state index contributed by atoms with van der Waals surface area (Å²) >= 11 is 0. The molecule has 0 atom stereocenters. The van der Waals surface area contributed by atoms with E-state index in [1.807, 2.05) is 48.9 Å². The first kappa shape index (κ1) is 79.0. The topological polar surface area (TPSA) is 64.5 Å². The predicted octanol–water partition coefficient (Wildman–Crippen LogP) is 22.6. The summed E-state index contributed by atoms with van der Waals surface area (Å²) < 4.78 is 113. The summed E-state index contributed by atoms with van der Waals surface area (Å²) in [6.45, 7) is 9.15. The van der Waals surface area contributed by atoms with E-state index in [1.54, 1.807) is 30.5 Å². The Bertz CT molecular complexity index is 5660. The number of fused-ring (bicyclic) bond motifs is 10. The number of nitrogens with zero attached hydrogens (tertiary/aromatic N) is 5. The Morgan fingerprint density at radius 1 is 0.321 bits per heavy atom. The van der Waals surface area contributed by atoms with Gasteiger partial charge < -0.3 is 24.9 Å². The summed E-state index contributed by atoms with van der Waals surface area (Å²) in [5.41, 5.74) is 9.96. The van der Waals surface area contributed by atoms with E-state index in [4.69, 9.17) is 0 Å². The molecule has 5 aliphatic rings. The van der Waals surface area contributed by atoms with Crippen LogP contribution in [-0.4, -0.2) is 37.3 Å². The van der Waals surface area contributed by atoms with Crippen LogP contribution in [0.15, 0.2) is 243 Å². The number of alkyl halides is 8. The Kier molecular flexibility index (Phi) is 22.8. The minimum Gasteiger partial charge on any atom is -0.304 e. The Morgan fingerprint density at radius 2 is 0.632 bits per heavy atom. The number of pyridine rings is 5. The Hall–Kier alpha value is -8.06. The molecule has 0 N–H and O–H groups in total. The minimum atomic E-state index is -5.59. The number of halogens is 8. The second-order valence-electron chi connectivity index (χ2n) is 26.2. The third-order valence-corrected chi connectivity index (χ3v) is 20.9. The molecule has 5 aromatic heterocycles. The van der Waals surface area contributed by atoms with E-state index >= 15 is 0 Å². The summed E-state index contributed by atoms with van der Waals surface area (Å²) in [6.07, 6.45) is 0.717. The standard InChI is InChI=1S/C20H18N.C18H8F6N.C18H14N.C16H8F2N.C16H10N.5Ir/c1-3-20(4-2)16-10-6-5-9-15(16)19-18-14(12-13-21-19)8-7-11-17(18)20;19-17(20,21)16(18(22,23)24)12-6-2-1-5-11(12)15-14-10(8-9-25-15)4-3-7-13(14)16;1-18(2)14-8-4-3-7-13(14)17-16-12(10-11-19-17)6-5-9-15(16)18;17-16(18)12-6-2-1-5-11(12)15-14-10(8-9-19-15)4-3-7-13(14)16;1-2-7-14-12(4-1)10-13-6-3-5-11-8-9-17-16(14)15(11)13;;;;;/h5-8,10-13H,3-4H2,1-2H3;1-4,6-9H;3-6,8-11H,1-2H3;1-4,6-9H;1-6,8-9H,10H2;;;;;/q5*-1;;;;;. The predicted molar refractivity (Wildman–Crippen MR) is 382 cm³/mol. The van der Waals surface area contributed by atoms with Crippen LogP contribution in [0.5, 0.6) is 0 Å². The van der Waals surface area contributed by atoms with Crippen molar-refractivity contribution in [3.63, 3.8) is 0 Å². The zero-order chi connectivity index (χ0) is 69.8. The van der Waals surface area contributed by atoms with E-state index in [9.17, 15) is 35.1 Å². The third-order valence-electron chi connectivity index (χ3n) is 20.9. The van der Waals surface area contributed by atoms with Crippen molar-refractivity contribution in [2.24, 2.45) is 0 Å². The molecule has 0 spiro atoms. The fourth-order valence-electron chi connectivity index (χ4n) is 16.2. The molecule has 5 heterocycles. The first-order valence-corrected chi connectivity index (χ1v) is 33.3. The number of hydrogen-bond donors (Lipinski definition) is 0. The van der Waals surface area contributed by atoms with E-state index in [-0.39, 0.29) is 145 Å². The Labute approximate surface area is 675 Å². The molecule has 106 heavy (non-hydrogen) atoms. The van der Waals surface area contributed by atoms with Crippen molar-refractivity contribution in [1.82, 2.24) is 24.9 Å². The molecule has 0 aliphatic heterocycles. The number of rotatable bonds is 2. The molecule has 0 amide bonds. The largest absolute Gasteiger partial charge is 0.403 e. The number of benzene rings is 10. The Morgan fingerprint density at radius 3 is 1.10 bits per heavy atom. The molecule has 0 saturated heterocycles. The van der Waals surface area contributed by atoms with Crippen LogP contribution in [0.1, 0.15) is 96.2 Å². The van der Waals surface area contributed by atoms with Crippen LogP contribution in [0.25, 0.3) is 110 Å². The van der Waals surface area contributed by atoms with Gasteiger partial charge in [0.25, 0.3) is 5.92 Å². The molecular weight excluding hydrogens is 2240 g/mol. The molecule has 0 fully saturated rings. The molecule has 5 radical (unpaired) electrons. The molecule has 0 saturated carbocycles. The zero-order valence-electron chi connectivity index (χ0n) is 56.6.